The van der Waals surface area contributed by atoms with E-state index in [1.165, 1.54) is 6.42 Å². The van der Waals surface area contributed by atoms with Gasteiger partial charge in [-0.1, -0.05) is 6.92 Å². The molecule has 0 spiro atoms. The Labute approximate surface area is 126 Å². The molecule has 7 nitrogen and oxygen atoms in total. The number of rotatable bonds is 5. The van der Waals surface area contributed by atoms with Crippen LogP contribution in [0, 0.1) is 0 Å². The van der Waals surface area contributed by atoms with Crippen molar-refractivity contribution in [1.29, 1.82) is 0 Å². The first-order chi connectivity index (χ1) is 9.99. The van der Waals surface area contributed by atoms with Gasteiger partial charge in [-0.3, -0.25) is 4.90 Å². The molecule has 1 aromatic heterocycles. The number of nitrogens with zero attached hydrogens (tertiary/aromatic N) is 5. The molecule has 0 saturated carbocycles. The molecular weight excluding hydrogens is 268 g/mol. The highest BCUT2D eigenvalue weighted by Gasteiger charge is 2.22. The van der Waals surface area contributed by atoms with Crippen molar-refractivity contribution >= 4 is 11.9 Å². The van der Waals surface area contributed by atoms with Crippen LogP contribution < -0.4 is 15.4 Å². The number of ether oxygens (including phenoxy) is 1. The third-order valence-corrected chi connectivity index (χ3v) is 3.77. The van der Waals surface area contributed by atoms with Gasteiger partial charge in [-0.2, -0.15) is 15.0 Å². The first-order valence-electron chi connectivity index (χ1n) is 7.66. The van der Waals surface area contributed by atoms with Crippen LogP contribution in [0.4, 0.5) is 11.9 Å². The monoisotopic (exact) mass is 294 g/mol. The van der Waals surface area contributed by atoms with Crippen LogP contribution >= 0.6 is 0 Å². The number of nitrogens with two attached hydrogens (primary N) is 1. The SMILES string of the molecule is CCC(C)N1CCN(c2nc(N)nc(OC(C)C)n2)CC1. The van der Waals surface area contributed by atoms with Crippen molar-refractivity contribution in [1.82, 2.24) is 19.9 Å². The second kappa shape index (κ2) is 6.89. The second-order valence-corrected chi connectivity index (χ2v) is 5.72. The standard InChI is InChI=1S/C14H26N6O/c1-5-11(4)19-6-8-20(9-7-19)13-16-12(15)17-14(18-13)21-10(2)3/h10-11H,5-9H2,1-4H3,(H2,15,16,17,18). The Morgan fingerprint density at radius 2 is 1.76 bits per heavy atom. The smallest absolute Gasteiger partial charge is 0.323 e. The number of nitrogen functional groups attached to an aromatic ring is 1. The summed E-state index contributed by atoms with van der Waals surface area (Å²) in [4.78, 5) is 17.3. The molecule has 1 unspecified atom stereocenters. The van der Waals surface area contributed by atoms with Crippen molar-refractivity contribution in [3.63, 3.8) is 0 Å². The van der Waals surface area contributed by atoms with Gasteiger partial charge in [-0.05, 0) is 27.2 Å². The minimum atomic E-state index is 0.0156. The highest BCUT2D eigenvalue weighted by Crippen LogP contribution is 2.17. The zero-order valence-corrected chi connectivity index (χ0v) is 13.4. The predicted molar refractivity (Wildman–Crippen MR) is 83.5 cm³/mol. The molecule has 0 bridgehead atoms. The largest absolute Gasteiger partial charge is 0.461 e. The fourth-order valence-electron chi connectivity index (χ4n) is 2.39. The first-order valence-corrected chi connectivity index (χ1v) is 7.66. The van der Waals surface area contributed by atoms with Crippen LogP contribution in [0.5, 0.6) is 6.01 Å². The average molecular weight is 294 g/mol. The lowest BCUT2D eigenvalue weighted by Gasteiger charge is -2.37. The normalized spacial score (nSPS) is 18.0. The molecule has 0 radical (unpaired) electrons. The van der Waals surface area contributed by atoms with Crippen LogP contribution in [0.1, 0.15) is 34.1 Å². The van der Waals surface area contributed by atoms with Crippen molar-refractivity contribution in [2.75, 3.05) is 36.8 Å². The molecular formula is C14H26N6O. The maximum absolute atomic E-state index is 5.76. The highest BCUT2D eigenvalue weighted by atomic mass is 16.5. The molecule has 0 aliphatic carbocycles. The molecule has 0 amide bonds. The maximum atomic E-state index is 5.76. The van der Waals surface area contributed by atoms with Crippen molar-refractivity contribution in [2.45, 2.75) is 46.3 Å². The molecule has 2 N–H and O–H groups in total. The number of hydrogen-bond acceptors (Lipinski definition) is 7. The number of piperazine rings is 1. The van der Waals surface area contributed by atoms with Gasteiger partial charge in [-0.15, -0.1) is 0 Å². The minimum absolute atomic E-state index is 0.0156. The number of hydrogen-bond donors (Lipinski definition) is 1. The highest BCUT2D eigenvalue weighted by molar-refractivity contribution is 5.36. The summed E-state index contributed by atoms with van der Waals surface area (Å²) in [5, 5.41) is 0. The lowest BCUT2D eigenvalue weighted by molar-refractivity contribution is 0.191. The summed E-state index contributed by atoms with van der Waals surface area (Å²) in [6.07, 6.45) is 1.19. The molecule has 118 valence electrons. The Kier molecular flexibility index (Phi) is 5.17. The minimum Gasteiger partial charge on any atom is -0.461 e. The van der Waals surface area contributed by atoms with Crippen LogP contribution in [0.25, 0.3) is 0 Å². The van der Waals surface area contributed by atoms with Gasteiger partial charge in [0.1, 0.15) is 0 Å². The molecule has 1 aromatic rings. The molecule has 1 aliphatic rings. The van der Waals surface area contributed by atoms with Crippen LogP contribution in [0.2, 0.25) is 0 Å². The van der Waals surface area contributed by atoms with Crippen molar-refractivity contribution in [3.8, 4) is 6.01 Å². The Balaban J connectivity index is 2.04. The molecule has 2 rings (SSSR count). The van der Waals surface area contributed by atoms with Crippen LogP contribution in [-0.2, 0) is 0 Å². The van der Waals surface area contributed by atoms with Crippen LogP contribution in [0.3, 0.4) is 0 Å². The number of anilines is 2. The average Bonchev–Trinajstić information content (AvgIpc) is 2.45. The lowest BCUT2D eigenvalue weighted by Crippen LogP contribution is -2.50. The van der Waals surface area contributed by atoms with Gasteiger partial charge in [-0.25, -0.2) is 0 Å². The Morgan fingerprint density at radius 1 is 1.10 bits per heavy atom. The van der Waals surface area contributed by atoms with Gasteiger partial charge < -0.3 is 15.4 Å². The van der Waals surface area contributed by atoms with E-state index < -0.39 is 0 Å². The van der Waals surface area contributed by atoms with Crippen LogP contribution in [-0.4, -0.2) is 58.2 Å². The zero-order valence-electron chi connectivity index (χ0n) is 13.4. The summed E-state index contributed by atoms with van der Waals surface area (Å²) in [5.41, 5.74) is 5.76. The van der Waals surface area contributed by atoms with E-state index in [2.05, 4.69) is 38.6 Å². The molecule has 2 heterocycles. The van der Waals surface area contributed by atoms with Gasteiger partial charge in [0.05, 0.1) is 6.10 Å². The van der Waals surface area contributed by atoms with Gasteiger partial charge in [0.2, 0.25) is 11.9 Å². The van der Waals surface area contributed by atoms with Gasteiger partial charge in [0, 0.05) is 32.2 Å². The molecule has 1 saturated heterocycles. The number of aromatic nitrogens is 3. The van der Waals surface area contributed by atoms with Gasteiger partial charge in [0.15, 0.2) is 0 Å². The second-order valence-electron chi connectivity index (χ2n) is 5.72. The van der Waals surface area contributed by atoms with E-state index in [-0.39, 0.29) is 12.1 Å². The van der Waals surface area contributed by atoms with Crippen molar-refractivity contribution in [3.05, 3.63) is 0 Å². The third kappa shape index (κ3) is 4.17. The predicted octanol–water partition coefficient (Wildman–Crippen LogP) is 1.16. The fraction of sp³-hybridized carbons (Fsp3) is 0.786. The van der Waals surface area contributed by atoms with E-state index in [9.17, 15) is 0 Å². The maximum Gasteiger partial charge on any atom is 0.323 e. The summed E-state index contributed by atoms with van der Waals surface area (Å²) in [7, 11) is 0. The van der Waals surface area contributed by atoms with Crippen molar-refractivity contribution < 1.29 is 4.74 Å². The molecule has 21 heavy (non-hydrogen) atoms. The Morgan fingerprint density at radius 3 is 2.33 bits per heavy atom. The Bertz CT molecular complexity index is 459. The summed E-state index contributed by atoms with van der Waals surface area (Å²) >= 11 is 0. The molecule has 1 aliphatic heterocycles. The first kappa shape index (κ1) is 15.8. The van der Waals surface area contributed by atoms with Gasteiger partial charge in [0.25, 0.3) is 0 Å². The van der Waals surface area contributed by atoms with Crippen molar-refractivity contribution in [2.24, 2.45) is 0 Å². The molecule has 7 heteroatoms. The topological polar surface area (TPSA) is 80.4 Å². The van der Waals surface area contributed by atoms with E-state index in [0.29, 0.717) is 18.0 Å². The molecule has 1 atom stereocenters. The summed E-state index contributed by atoms with van der Waals surface area (Å²) in [6.45, 7) is 12.2. The molecule has 1 fully saturated rings. The van der Waals surface area contributed by atoms with E-state index in [1.54, 1.807) is 0 Å². The summed E-state index contributed by atoms with van der Waals surface area (Å²) in [5.74, 6) is 0.821. The zero-order chi connectivity index (χ0) is 15.4. The fourth-order valence-corrected chi connectivity index (χ4v) is 2.39. The Hall–Kier alpha value is -1.63. The van der Waals surface area contributed by atoms with E-state index >= 15 is 0 Å². The third-order valence-electron chi connectivity index (χ3n) is 3.77. The lowest BCUT2D eigenvalue weighted by atomic mass is 10.2. The van der Waals surface area contributed by atoms with E-state index in [1.807, 2.05) is 13.8 Å². The van der Waals surface area contributed by atoms with E-state index in [0.717, 1.165) is 26.2 Å². The van der Waals surface area contributed by atoms with E-state index in [4.69, 9.17) is 10.5 Å². The summed E-state index contributed by atoms with van der Waals surface area (Å²) < 4.78 is 5.52. The quantitative estimate of drug-likeness (QED) is 0.872. The summed E-state index contributed by atoms with van der Waals surface area (Å²) in [6, 6.07) is 0.923. The van der Waals surface area contributed by atoms with Gasteiger partial charge >= 0.3 is 6.01 Å². The van der Waals surface area contributed by atoms with Crippen LogP contribution in [0.15, 0.2) is 0 Å². The molecule has 0 aromatic carbocycles.